The summed E-state index contributed by atoms with van der Waals surface area (Å²) in [6.07, 6.45) is 2.71. The Hall–Kier alpha value is -1.44. The third-order valence-electron chi connectivity index (χ3n) is 3.72. The minimum absolute atomic E-state index is 0.0274. The fourth-order valence-corrected chi connectivity index (χ4v) is 4.18. The minimum atomic E-state index is -3.67. The van der Waals surface area contributed by atoms with Gasteiger partial charge >= 0.3 is 0 Å². The molecule has 1 aliphatic rings. The van der Waals surface area contributed by atoms with Crippen LogP contribution in [0.2, 0.25) is 0 Å². The quantitative estimate of drug-likeness (QED) is 0.844. The normalized spacial score (nSPS) is 17.9. The molecule has 1 aromatic carbocycles. The molecule has 1 aromatic rings. The zero-order valence-electron chi connectivity index (χ0n) is 12.7. The van der Waals surface area contributed by atoms with Gasteiger partial charge in [0.25, 0.3) is 5.91 Å². The van der Waals surface area contributed by atoms with E-state index in [0.717, 1.165) is 19.3 Å². The van der Waals surface area contributed by atoms with Gasteiger partial charge in [0, 0.05) is 19.1 Å². The van der Waals surface area contributed by atoms with Gasteiger partial charge in [0.05, 0.1) is 17.1 Å². The van der Waals surface area contributed by atoms with Crippen LogP contribution in [0.3, 0.4) is 0 Å². The number of aliphatic hydroxyl groups is 1. The molecule has 1 aliphatic heterocycles. The summed E-state index contributed by atoms with van der Waals surface area (Å²) in [6, 6.07) is 5.77. The van der Waals surface area contributed by atoms with E-state index in [-0.39, 0.29) is 17.1 Å². The van der Waals surface area contributed by atoms with Crippen molar-refractivity contribution in [3.8, 4) is 0 Å². The molecule has 1 heterocycles. The lowest BCUT2D eigenvalue weighted by atomic mass is 10.2. The second-order valence-electron chi connectivity index (χ2n) is 5.52. The topological polar surface area (TPSA) is 86.7 Å². The largest absolute Gasteiger partial charge is 0.394 e. The van der Waals surface area contributed by atoms with Crippen LogP contribution in [0, 0.1) is 0 Å². The Morgan fingerprint density at radius 3 is 2.55 bits per heavy atom. The smallest absolute Gasteiger partial charge is 0.252 e. The first-order valence-corrected chi connectivity index (χ1v) is 8.91. The van der Waals surface area contributed by atoms with Crippen molar-refractivity contribution in [1.82, 2.24) is 9.62 Å². The third-order valence-corrected chi connectivity index (χ3v) is 5.67. The minimum Gasteiger partial charge on any atom is -0.394 e. The van der Waals surface area contributed by atoms with E-state index in [0.29, 0.717) is 13.1 Å². The number of benzene rings is 1. The zero-order valence-corrected chi connectivity index (χ0v) is 13.5. The summed E-state index contributed by atoms with van der Waals surface area (Å²) >= 11 is 0. The fraction of sp³-hybridized carbons (Fsp3) is 0.533. The molecule has 0 aromatic heterocycles. The number of nitrogens with zero attached hydrogens (tertiary/aromatic N) is 1. The average Bonchev–Trinajstić information content (AvgIpc) is 2.55. The third kappa shape index (κ3) is 3.66. The Bertz CT molecular complexity index is 624. The van der Waals surface area contributed by atoms with Crippen molar-refractivity contribution in [3.05, 3.63) is 29.8 Å². The molecule has 6 nitrogen and oxygen atoms in total. The molecule has 0 spiro atoms. The van der Waals surface area contributed by atoms with E-state index in [1.165, 1.54) is 16.4 Å². The van der Waals surface area contributed by atoms with Gasteiger partial charge in [-0.25, -0.2) is 8.42 Å². The van der Waals surface area contributed by atoms with Crippen LogP contribution in [0.15, 0.2) is 29.2 Å². The number of hydrogen-bond acceptors (Lipinski definition) is 4. The Morgan fingerprint density at radius 2 is 1.91 bits per heavy atom. The summed E-state index contributed by atoms with van der Waals surface area (Å²) in [5.41, 5.74) is 0.119. The van der Waals surface area contributed by atoms with Crippen LogP contribution in [0.25, 0.3) is 0 Å². The molecular weight excluding hydrogens is 304 g/mol. The SMILES string of the molecule is CC(CO)NC(=O)c1ccccc1S(=O)(=O)N1CCCCC1. The van der Waals surface area contributed by atoms with Crippen molar-refractivity contribution < 1.29 is 18.3 Å². The van der Waals surface area contributed by atoms with Gasteiger partial charge in [0.1, 0.15) is 0 Å². The van der Waals surface area contributed by atoms with E-state index in [4.69, 9.17) is 5.11 Å². The summed E-state index contributed by atoms with van der Waals surface area (Å²) < 4.78 is 27.0. The number of piperidine rings is 1. The van der Waals surface area contributed by atoms with E-state index < -0.39 is 22.0 Å². The lowest BCUT2D eigenvalue weighted by molar-refractivity contribution is 0.0918. The van der Waals surface area contributed by atoms with E-state index in [1.54, 1.807) is 19.1 Å². The van der Waals surface area contributed by atoms with Gasteiger partial charge in [-0.05, 0) is 31.9 Å². The molecule has 122 valence electrons. The molecule has 0 saturated carbocycles. The standard InChI is InChI=1S/C15H22N2O4S/c1-12(11-18)16-15(19)13-7-3-4-8-14(13)22(20,21)17-9-5-2-6-10-17/h3-4,7-8,12,18H,2,5-6,9-11H2,1H3,(H,16,19). The van der Waals surface area contributed by atoms with Crippen molar-refractivity contribution in [3.63, 3.8) is 0 Å². The first-order chi connectivity index (χ1) is 10.5. The molecule has 2 rings (SSSR count). The number of nitrogens with one attached hydrogen (secondary N) is 1. The molecule has 0 radical (unpaired) electrons. The molecule has 0 bridgehead atoms. The van der Waals surface area contributed by atoms with Crippen LogP contribution in [0.1, 0.15) is 36.5 Å². The second kappa shape index (κ2) is 7.21. The highest BCUT2D eigenvalue weighted by Gasteiger charge is 2.29. The Morgan fingerprint density at radius 1 is 1.27 bits per heavy atom. The lowest BCUT2D eigenvalue weighted by Gasteiger charge is -2.26. The first kappa shape index (κ1) is 16.9. The van der Waals surface area contributed by atoms with Gasteiger partial charge in [-0.3, -0.25) is 4.79 Å². The van der Waals surface area contributed by atoms with Crippen LogP contribution in [0.5, 0.6) is 0 Å². The van der Waals surface area contributed by atoms with E-state index in [2.05, 4.69) is 5.32 Å². The highest BCUT2D eigenvalue weighted by atomic mass is 32.2. The molecular formula is C15H22N2O4S. The fourth-order valence-electron chi connectivity index (χ4n) is 2.47. The number of carbonyl (C=O) groups is 1. The average molecular weight is 326 g/mol. The van der Waals surface area contributed by atoms with Crippen molar-refractivity contribution in [2.45, 2.75) is 37.1 Å². The summed E-state index contributed by atoms with van der Waals surface area (Å²) in [7, 11) is -3.67. The summed E-state index contributed by atoms with van der Waals surface area (Å²) in [5, 5.41) is 11.6. The Labute approximate surface area is 131 Å². The monoisotopic (exact) mass is 326 g/mol. The van der Waals surface area contributed by atoms with E-state index in [1.807, 2.05) is 0 Å². The maximum Gasteiger partial charge on any atom is 0.252 e. The Balaban J connectivity index is 2.33. The van der Waals surface area contributed by atoms with E-state index in [9.17, 15) is 13.2 Å². The molecule has 1 saturated heterocycles. The molecule has 1 atom stereocenters. The van der Waals surface area contributed by atoms with Crippen molar-refractivity contribution in [2.75, 3.05) is 19.7 Å². The number of sulfonamides is 1. The lowest BCUT2D eigenvalue weighted by Crippen LogP contribution is -2.39. The number of carbonyl (C=O) groups excluding carboxylic acids is 1. The number of aliphatic hydroxyl groups excluding tert-OH is 1. The molecule has 0 aliphatic carbocycles. The number of amides is 1. The molecule has 2 N–H and O–H groups in total. The zero-order chi connectivity index (χ0) is 16.2. The maximum absolute atomic E-state index is 12.8. The second-order valence-corrected chi connectivity index (χ2v) is 7.42. The molecule has 22 heavy (non-hydrogen) atoms. The molecule has 1 unspecified atom stereocenters. The van der Waals surface area contributed by atoms with Gasteiger partial charge in [-0.2, -0.15) is 4.31 Å². The van der Waals surface area contributed by atoms with Gasteiger partial charge < -0.3 is 10.4 Å². The molecule has 7 heteroatoms. The van der Waals surface area contributed by atoms with Gasteiger partial charge in [-0.15, -0.1) is 0 Å². The summed E-state index contributed by atoms with van der Waals surface area (Å²) in [5.74, 6) is -0.488. The molecule has 1 amide bonds. The van der Waals surface area contributed by atoms with Crippen LogP contribution in [-0.2, 0) is 10.0 Å². The number of hydrogen-bond donors (Lipinski definition) is 2. The van der Waals surface area contributed by atoms with Crippen molar-refractivity contribution >= 4 is 15.9 Å². The predicted molar refractivity (Wildman–Crippen MR) is 83.1 cm³/mol. The maximum atomic E-state index is 12.8. The van der Waals surface area contributed by atoms with Crippen LogP contribution < -0.4 is 5.32 Å². The first-order valence-electron chi connectivity index (χ1n) is 7.47. The summed E-state index contributed by atoms with van der Waals surface area (Å²) in [4.78, 5) is 12.3. The van der Waals surface area contributed by atoms with Crippen LogP contribution in [0.4, 0.5) is 0 Å². The van der Waals surface area contributed by atoms with Crippen molar-refractivity contribution in [1.29, 1.82) is 0 Å². The molecule has 1 fully saturated rings. The van der Waals surface area contributed by atoms with Crippen molar-refractivity contribution in [2.24, 2.45) is 0 Å². The summed E-state index contributed by atoms with van der Waals surface area (Å²) in [6.45, 7) is 2.43. The highest BCUT2D eigenvalue weighted by molar-refractivity contribution is 7.89. The van der Waals surface area contributed by atoms with Gasteiger partial charge in [0.15, 0.2) is 0 Å². The predicted octanol–water partition coefficient (Wildman–Crippen LogP) is 0.972. The van der Waals surface area contributed by atoms with E-state index >= 15 is 0 Å². The van der Waals surface area contributed by atoms with Crippen LogP contribution >= 0.6 is 0 Å². The highest BCUT2D eigenvalue weighted by Crippen LogP contribution is 2.23. The Kier molecular flexibility index (Phi) is 5.55. The van der Waals surface area contributed by atoms with Crippen LogP contribution in [-0.4, -0.2) is 49.5 Å². The number of rotatable bonds is 5. The van der Waals surface area contributed by atoms with Gasteiger partial charge in [0.2, 0.25) is 10.0 Å². The van der Waals surface area contributed by atoms with Gasteiger partial charge in [-0.1, -0.05) is 18.6 Å².